The molecule has 1 heterocycles. The number of nitrogens with zero attached hydrogens (tertiary/aromatic N) is 2. The number of aliphatic imine (C=N–C) groups is 1. The first-order valence-electron chi connectivity index (χ1n) is 8.48. The summed E-state index contributed by atoms with van der Waals surface area (Å²) in [5.74, 6) is 0.849. The number of morpholine rings is 1. The second kappa shape index (κ2) is 9.53. The predicted octanol–water partition coefficient (Wildman–Crippen LogP) is 1.50. The average Bonchev–Trinajstić information content (AvgIpc) is 2.58. The van der Waals surface area contributed by atoms with Crippen LogP contribution < -0.4 is 10.6 Å². The molecule has 5 nitrogen and oxygen atoms in total. The van der Waals surface area contributed by atoms with Gasteiger partial charge in [-0.3, -0.25) is 4.99 Å². The molecule has 128 valence electrons. The van der Waals surface area contributed by atoms with Gasteiger partial charge in [-0.1, -0.05) is 30.3 Å². The molecule has 2 unspecified atom stereocenters. The first-order valence-corrected chi connectivity index (χ1v) is 8.48. The predicted molar refractivity (Wildman–Crippen MR) is 96.0 cm³/mol. The molecule has 2 atom stereocenters. The van der Waals surface area contributed by atoms with E-state index >= 15 is 0 Å². The highest BCUT2D eigenvalue weighted by Crippen LogP contribution is 2.05. The van der Waals surface area contributed by atoms with E-state index < -0.39 is 0 Å². The quantitative estimate of drug-likeness (QED) is 0.616. The van der Waals surface area contributed by atoms with Gasteiger partial charge in [0.15, 0.2) is 5.96 Å². The Morgan fingerprint density at radius 2 is 2.17 bits per heavy atom. The first kappa shape index (κ1) is 17.8. The fourth-order valence-electron chi connectivity index (χ4n) is 2.73. The van der Waals surface area contributed by atoms with Crippen molar-refractivity contribution >= 4 is 5.96 Å². The zero-order chi connectivity index (χ0) is 16.5. The third-order valence-electron chi connectivity index (χ3n) is 4.15. The molecule has 23 heavy (non-hydrogen) atoms. The summed E-state index contributed by atoms with van der Waals surface area (Å²) in [6.07, 6.45) is 2.38. The lowest BCUT2D eigenvalue weighted by Gasteiger charge is -2.30. The third kappa shape index (κ3) is 6.59. The third-order valence-corrected chi connectivity index (χ3v) is 4.15. The fraction of sp³-hybridized carbons (Fsp3) is 0.611. The van der Waals surface area contributed by atoms with Gasteiger partial charge in [0.05, 0.1) is 12.7 Å². The monoisotopic (exact) mass is 318 g/mol. The first-order chi connectivity index (χ1) is 11.2. The minimum Gasteiger partial charge on any atom is -0.374 e. The van der Waals surface area contributed by atoms with Crippen molar-refractivity contribution in [1.29, 1.82) is 0 Å². The second-order valence-electron chi connectivity index (χ2n) is 6.28. The summed E-state index contributed by atoms with van der Waals surface area (Å²) in [6.45, 7) is 5.77. The lowest BCUT2D eigenvalue weighted by Crippen LogP contribution is -2.49. The molecular weight excluding hydrogens is 288 g/mol. The Balaban J connectivity index is 1.69. The molecule has 1 aliphatic rings. The maximum absolute atomic E-state index is 5.77. The minimum absolute atomic E-state index is 0.229. The van der Waals surface area contributed by atoms with E-state index in [1.165, 1.54) is 5.56 Å². The molecule has 0 amide bonds. The molecule has 1 aromatic carbocycles. The van der Waals surface area contributed by atoms with Gasteiger partial charge in [-0.2, -0.15) is 0 Å². The molecule has 0 spiro atoms. The van der Waals surface area contributed by atoms with Crippen LogP contribution in [0.3, 0.4) is 0 Å². The Bertz CT molecular complexity index is 477. The number of likely N-dealkylation sites (N-methyl/N-ethyl adjacent to an activating group) is 1. The fourth-order valence-corrected chi connectivity index (χ4v) is 2.73. The van der Waals surface area contributed by atoms with Gasteiger partial charge in [0.1, 0.15) is 0 Å². The SMILES string of the molecule is CN=C(NCC1CN(C)CCO1)NC(C)CCc1ccccc1. The maximum atomic E-state index is 5.77. The molecule has 0 aliphatic carbocycles. The number of hydrogen-bond acceptors (Lipinski definition) is 3. The number of rotatable bonds is 6. The molecule has 1 saturated heterocycles. The molecule has 0 radical (unpaired) electrons. The van der Waals surface area contributed by atoms with Crippen LogP contribution in [-0.4, -0.2) is 63.3 Å². The molecule has 5 heteroatoms. The van der Waals surface area contributed by atoms with E-state index in [9.17, 15) is 0 Å². The zero-order valence-corrected chi connectivity index (χ0v) is 14.6. The summed E-state index contributed by atoms with van der Waals surface area (Å²) < 4.78 is 5.77. The van der Waals surface area contributed by atoms with Crippen LogP contribution in [0.25, 0.3) is 0 Å². The van der Waals surface area contributed by atoms with E-state index in [1.54, 1.807) is 0 Å². The second-order valence-corrected chi connectivity index (χ2v) is 6.28. The molecule has 1 aromatic rings. The van der Waals surface area contributed by atoms with Gasteiger partial charge >= 0.3 is 0 Å². The minimum atomic E-state index is 0.229. The number of hydrogen-bond donors (Lipinski definition) is 2. The van der Waals surface area contributed by atoms with Crippen molar-refractivity contribution in [2.45, 2.75) is 31.9 Å². The van der Waals surface area contributed by atoms with Crippen LogP contribution in [0.15, 0.2) is 35.3 Å². The van der Waals surface area contributed by atoms with E-state index in [4.69, 9.17) is 4.74 Å². The highest BCUT2D eigenvalue weighted by atomic mass is 16.5. The molecule has 0 saturated carbocycles. The molecule has 2 N–H and O–H groups in total. The molecule has 0 aromatic heterocycles. The van der Waals surface area contributed by atoms with E-state index in [0.717, 1.165) is 45.0 Å². The van der Waals surface area contributed by atoms with Gasteiger partial charge in [-0.25, -0.2) is 0 Å². The number of nitrogens with one attached hydrogen (secondary N) is 2. The highest BCUT2D eigenvalue weighted by Gasteiger charge is 2.18. The zero-order valence-electron chi connectivity index (χ0n) is 14.6. The van der Waals surface area contributed by atoms with E-state index in [0.29, 0.717) is 6.04 Å². The summed E-state index contributed by atoms with van der Waals surface area (Å²) in [4.78, 5) is 6.61. The van der Waals surface area contributed by atoms with Crippen molar-refractivity contribution < 1.29 is 4.74 Å². The average molecular weight is 318 g/mol. The summed E-state index contributed by atoms with van der Waals surface area (Å²) in [7, 11) is 3.95. The number of aryl methyl sites for hydroxylation is 1. The smallest absolute Gasteiger partial charge is 0.191 e. The van der Waals surface area contributed by atoms with Crippen LogP contribution in [0, 0.1) is 0 Å². The summed E-state index contributed by atoms with van der Waals surface area (Å²) in [5, 5.41) is 6.83. The van der Waals surface area contributed by atoms with Crippen LogP contribution in [0.5, 0.6) is 0 Å². The van der Waals surface area contributed by atoms with Crippen LogP contribution >= 0.6 is 0 Å². The van der Waals surface area contributed by atoms with Crippen molar-refractivity contribution in [1.82, 2.24) is 15.5 Å². The molecule has 1 aliphatic heterocycles. The van der Waals surface area contributed by atoms with Crippen LogP contribution in [-0.2, 0) is 11.2 Å². The molecule has 2 rings (SSSR count). The Morgan fingerprint density at radius 1 is 1.39 bits per heavy atom. The van der Waals surface area contributed by atoms with Gasteiger partial charge in [-0.15, -0.1) is 0 Å². The van der Waals surface area contributed by atoms with Gasteiger partial charge < -0.3 is 20.3 Å². The highest BCUT2D eigenvalue weighted by molar-refractivity contribution is 5.79. The number of ether oxygens (including phenoxy) is 1. The van der Waals surface area contributed by atoms with Gasteiger partial charge in [-0.05, 0) is 32.4 Å². The van der Waals surface area contributed by atoms with Gasteiger partial charge in [0.25, 0.3) is 0 Å². The Labute approximate surface area is 140 Å². The van der Waals surface area contributed by atoms with E-state index in [2.05, 4.69) is 64.8 Å². The van der Waals surface area contributed by atoms with Crippen LogP contribution in [0.2, 0.25) is 0 Å². The summed E-state index contributed by atoms with van der Waals surface area (Å²) >= 11 is 0. The van der Waals surface area contributed by atoms with Crippen molar-refractivity contribution in [3.63, 3.8) is 0 Å². The molecule has 0 bridgehead atoms. The van der Waals surface area contributed by atoms with E-state index in [1.807, 2.05) is 7.05 Å². The molecular formula is C18H30N4O. The topological polar surface area (TPSA) is 48.9 Å². The van der Waals surface area contributed by atoms with Crippen LogP contribution in [0.4, 0.5) is 0 Å². The Hall–Kier alpha value is -1.59. The summed E-state index contributed by atoms with van der Waals surface area (Å²) in [6, 6.07) is 11.0. The number of guanidine groups is 1. The van der Waals surface area contributed by atoms with E-state index in [-0.39, 0.29) is 6.10 Å². The van der Waals surface area contributed by atoms with Crippen molar-refractivity contribution in [3.05, 3.63) is 35.9 Å². The standard InChI is InChI=1S/C18H30N4O/c1-15(9-10-16-7-5-4-6-8-16)21-18(19-2)20-13-17-14-22(3)11-12-23-17/h4-8,15,17H,9-14H2,1-3H3,(H2,19,20,21). The lowest BCUT2D eigenvalue weighted by molar-refractivity contribution is -0.0161. The Morgan fingerprint density at radius 3 is 2.87 bits per heavy atom. The van der Waals surface area contributed by atoms with Crippen LogP contribution in [0.1, 0.15) is 18.9 Å². The van der Waals surface area contributed by atoms with Gasteiger partial charge in [0, 0.05) is 32.7 Å². The van der Waals surface area contributed by atoms with Crippen molar-refractivity contribution in [3.8, 4) is 0 Å². The normalized spacial score (nSPS) is 21.0. The number of benzene rings is 1. The summed E-state index contributed by atoms with van der Waals surface area (Å²) in [5.41, 5.74) is 1.38. The Kier molecular flexibility index (Phi) is 7.36. The van der Waals surface area contributed by atoms with Crippen molar-refractivity contribution in [2.75, 3.05) is 40.3 Å². The lowest BCUT2D eigenvalue weighted by atomic mass is 10.1. The maximum Gasteiger partial charge on any atom is 0.191 e. The van der Waals surface area contributed by atoms with Gasteiger partial charge in [0.2, 0.25) is 0 Å². The largest absolute Gasteiger partial charge is 0.374 e. The van der Waals surface area contributed by atoms with Crippen molar-refractivity contribution in [2.24, 2.45) is 4.99 Å². The molecule has 1 fully saturated rings.